The average molecular weight is 483 g/mol. The highest BCUT2D eigenvalue weighted by molar-refractivity contribution is 5.85. The van der Waals surface area contributed by atoms with Gasteiger partial charge in [-0.05, 0) is 59.8 Å². The molecule has 0 aliphatic heterocycles. The summed E-state index contributed by atoms with van der Waals surface area (Å²) in [5.74, 6) is 1.58. The number of rotatable bonds is 8. The minimum atomic E-state index is 0.396. The van der Waals surface area contributed by atoms with E-state index in [9.17, 15) is 0 Å². The van der Waals surface area contributed by atoms with Crippen LogP contribution in [0.3, 0.4) is 0 Å². The number of aliphatic imine (C=N–C) groups is 2. The van der Waals surface area contributed by atoms with E-state index in [1.807, 2.05) is 26.3 Å². The molecule has 36 heavy (non-hydrogen) atoms. The van der Waals surface area contributed by atoms with Crippen LogP contribution in [0.15, 0.2) is 46.4 Å². The van der Waals surface area contributed by atoms with E-state index in [1.165, 1.54) is 22.3 Å². The molecular weight excluding hydrogens is 440 g/mol. The minimum absolute atomic E-state index is 0.396. The monoisotopic (exact) mass is 482 g/mol. The van der Waals surface area contributed by atoms with Crippen molar-refractivity contribution in [2.24, 2.45) is 9.98 Å². The molecule has 4 nitrogen and oxygen atoms in total. The second kappa shape index (κ2) is 11.7. The van der Waals surface area contributed by atoms with Crippen LogP contribution in [0, 0.1) is 13.8 Å². The van der Waals surface area contributed by atoms with Crippen LogP contribution in [0.1, 0.15) is 124 Å². The topological polar surface area (TPSA) is 50.5 Å². The zero-order valence-electron chi connectivity index (χ0n) is 23.7. The van der Waals surface area contributed by atoms with Gasteiger partial charge in [0.05, 0.1) is 35.2 Å². The molecule has 0 saturated heterocycles. The van der Waals surface area contributed by atoms with Gasteiger partial charge in [0.15, 0.2) is 0 Å². The van der Waals surface area contributed by atoms with Crippen LogP contribution in [-0.4, -0.2) is 22.4 Å². The smallest absolute Gasteiger partial charge is 0.103 e. The Morgan fingerprint density at radius 2 is 0.806 bits per heavy atom. The Morgan fingerprint density at radius 3 is 1.06 bits per heavy atom. The first-order chi connectivity index (χ1) is 17.0. The van der Waals surface area contributed by atoms with Crippen LogP contribution in [0.2, 0.25) is 0 Å². The lowest BCUT2D eigenvalue weighted by Gasteiger charge is -2.16. The van der Waals surface area contributed by atoms with Crippen LogP contribution in [0.4, 0.5) is 11.4 Å². The summed E-state index contributed by atoms with van der Waals surface area (Å²) >= 11 is 0. The number of hydrogen-bond acceptors (Lipinski definition) is 4. The predicted octanol–water partition coefficient (Wildman–Crippen LogP) is 9.09. The van der Waals surface area contributed by atoms with Gasteiger partial charge in [-0.15, -0.1) is 0 Å². The lowest BCUT2D eigenvalue weighted by atomic mass is 9.93. The molecule has 2 aromatic carbocycles. The molecule has 1 heterocycles. The predicted molar refractivity (Wildman–Crippen MR) is 155 cm³/mol. The van der Waals surface area contributed by atoms with Gasteiger partial charge in [0, 0.05) is 0 Å². The SMILES string of the molecule is Cc1nc(C=Nc2c(C(C)C)cccc2C(C)C)c(C)nc1C=Nc1c(C(C)C)cccc1C(C)C. The van der Waals surface area contributed by atoms with Crippen molar-refractivity contribution in [3.05, 3.63) is 81.4 Å². The zero-order valence-corrected chi connectivity index (χ0v) is 23.7. The molecule has 4 heteroatoms. The molecule has 3 aromatic rings. The second-order valence-corrected chi connectivity index (χ2v) is 10.9. The standard InChI is InChI=1S/C32H42N4/c1-19(2)25-13-11-14-26(20(3)4)31(25)33-17-29-23(9)36-30(24(10)35-29)18-34-32-27(21(5)6)15-12-16-28(32)22(7)8/h11-22H,1-10H3. The summed E-state index contributed by atoms with van der Waals surface area (Å²) < 4.78 is 0. The number of aromatic nitrogens is 2. The van der Waals surface area contributed by atoms with Crippen molar-refractivity contribution in [1.29, 1.82) is 0 Å². The number of aryl methyl sites for hydroxylation is 2. The van der Waals surface area contributed by atoms with Gasteiger partial charge in [-0.2, -0.15) is 0 Å². The normalized spacial score (nSPS) is 12.4. The average Bonchev–Trinajstić information content (AvgIpc) is 2.82. The number of hydrogen-bond donors (Lipinski definition) is 0. The number of benzene rings is 2. The van der Waals surface area contributed by atoms with Gasteiger partial charge in [0.1, 0.15) is 11.4 Å². The number of nitrogens with zero attached hydrogens (tertiary/aromatic N) is 4. The molecule has 0 bridgehead atoms. The quantitative estimate of drug-likeness (QED) is 0.301. The molecule has 0 unspecified atom stereocenters. The van der Waals surface area contributed by atoms with E-state index in [0.717, 1.165) is 34.2 Å². The summed E-state index contributed by atoms with van der Waals surface area (Å²) in [5.41, 5.74) is 10.4. The van der Waals surface area contributed by atoms with Gasteiger partial charge in [0.25, 0.3) is 0 Å². The van der Waals surface area contributed by atoms with E-state index in [2.05, 4.69) is 91.8 Å². The highest BCUT2D eigenvalue weighted by atomic mass is 14.9. The molecule has 3 rings (SSSR count). The van der Waals surface area contributed by atoms with Crippen molar-refractivity contribution in [2.45, 2.75) is 92.9 Å². The van der Waals surface area contributed by atoms with E-state index >= 15 is 0 Å². The van der Waals surface area contributed by atoms with Gasteiger partial charge >= 0.3 is 0 Å². The fraction of sp³-hybridized carbons (Fsp3) is 0.438. The van der Waals surface area contributed by atoms with Gasteiger partial charge in [0.2, 0.25) is 0 Å². The second-order valence-electron chi connectivity index (χ2n) is 10.9. The largest absolute Gasteiger partial charge is 0.254 e. The Labute approximate surface area is 218 Å². The fourth-order valence-electron chi connectivity index (χ4n) is 4.46. The van der Waals surface area contributed by atoms with Gasteiger partial charge in [-0.25, -0.2) is 9.97 Å². The maximum Gasteiger partial charge on any atom is 0.103 e. The van der Waals surface area contributed by atoms with Crippen molar-refractivity contribution in [1.82, 2.24) is 9.97 Å². The van der Waals surface area contributed by atoms with E-state index in [0.29, 0.717) is 23.7 Å². The Balaban J connectivity index is 2.00. The van der Waals surface area contributed by atoms with Crippen LogP contribution < -0.4 is 0 Å². The fourth-order valence-corrected chi connectivity index (χ4v) is 4.46. The summed E-state index contributed by atoms with van der Waals surface area (Å²) in [6.45, 7) is 21.7. The summed E-state index contributed by atoms with van der Waals surface area (Å²) in [6.07, 6.45) is 3.74. The zero-order chi connectivity index (χ0) is 26.6. The van der Waals surface area contributed by atoms with Crippen molar-refractivity contribution in [3.8, 4) is 0 Å². The van der Waals surface area contributed by atoms with Crippen LogP contribution in [0.5, 0.6) is 0 Å². The summed E-state index contributed by atoms with van der Waals surface area (Å²) in [5, 5.41) is 0. The number of para-hydroxylation sites is 2. The summed E-state index contributed by atoms with van der Waals surface area (Å²) in [7, 11) is 0. The van der Waals surface area contributed by atoms with Crippen LogP contribution in [-0.2, 0) is 0 Å². The van der Waals surface area contributed by atoms with Crippen LogP contribution >= 0.6 is 0 Å². The molecule has 0 aliphatic rings. The Morgan fingerprint density at radius 1 is 0.528 bits per heavy atom. The van der Waals surface area contributed by atoms with Crippen molar-refractivity contribution in [3.63, 3.8) is 0 Å². The molecule has 0 aliphatic carbocycles. The third-order valence-corrected chi connectivity index (χ3v) is 6.63. The Hall–Kier alpha value is -3.14. The van der Waals surface area contributed by atoms with E-state index < -0.39 is 0 Å². The molecule has 0 fully saturated rings. The molecule has 190 valence electrons. The lowest BCUT2D eigenvalue weighted by Crippen LogP contribution is -2.05. The summed E-state index contributed by atoms with van der Waals surface area (Å²) in [4.78, 5) is 19.6. The third-order valence-electron chi connectivity index (χ3n) is 6.63. The third kappa shape index (κ3) is 6.16. The molecule has 0 N–H and O–H groups in total. The van der Waals surface area contributed by atoms with E-state index in [1.54, 1.807) is 0 Å². The molecule has 0 atom stereocenters. The van der Waals surface area contributed by atoms with Crippen LogP contribution in [0.25, 0.3) is 0 Å². The molecule has 0 radical (unpaired) electrons. The van der Waals surface area contributed by atoms with Crippen molar-refractivity contribution in [2.75, 3.05) is 0 Å². The lowest BCUT2D eigenvalue weighted by molar-refractivity contribution is 0.834. The minimum Gasteiger partial charge on any atom is -0.254 e. The molecule has 0 amide bonds. The highest BCUT2D eigenvalue weighted by Gasteiger charge is 2.15. The first-order valence-corrected chi connectivity index (χ1v) is 13.2. The Bertz CT molecular complexity index is 1110. The van der Waals surface area contributed by atoms with E-state index in [4.69, 9.17) is 20.0 Å². The first-order valence-electron chi connectivity index (χ1n) is 13.2. The first kappa shape index (κ1) is 27.4. The maximum atomic E-state index is 4.94. The summed E-state index contributed by atoms with van der Waals surface area (Å²) in [6, 6.07) is 13.0. The van der Waals surface area contributed by atoms with Crippen molar-refractivity contribution < 1.29 is 0 Å². The van der Waals surface area contributed by atoms with E-state index in [-0.39, 0.29) is 0 Å². The van der Waals surface area contributed by atoms with Crippen molar-refractivity contribution >= 4 is 23.8 Å². The Kier molecular flexibility index (Phi) is 8.94. The maximum absolute atomic E-state index is 4.94. The molecule has 1 aromatic heterocycles. The molecular formula is C32H42N4. The van der Waals surface area contributed by atoms with Gasteiger partial charge in [-0.3, -0.25) is 9.98 Å². The molecule has 0 saturated carbocycles. The van der Waals surface area contributed by atoms with Gasteiger partial charge < -0.3 is 0 Å². The molecule has 0 spiro atoms. The van der Waals surface area contributed by atoms with Gasteiger partial charge in [-0.1, -0.05) is 91.8 Å². The highest BCUT2D eigenvalue weighted by Crippen LogP contribution is 2.35.